The van der Waals surface area contributed by atoms with Crippen LogP contribution in [0.15, 0.2) is 54.6 Å². The second-order valence-corrected chi connectivity index (χ2v) is 14.3. The normalized spacial score (nSPS) is 13.8. The summed E-state index contributed by atoms with van der Waals surface area (Å²) in [5, 5.41) is 5.63. The lowest BCUT2D eigenvalue weighted by atomic mass is 9.86. The van der Waals surface area contributed by atoms with E-state index in [4.69, 9.17) is 4.74 Å². The first-order valence-corrected chi connectivity index (χ1v) is 19.3. The van der Waals surface area contributed by atoms with E-state index in [1.54, 1.807) is 12.1 Å². The highest BCUT2D eigenvalue weighted by atomic mass is 16.5. The zero-order valence-electron chi connectivity index (χ0n) is 31.6. The molecule has 8 nitrogen and oxygen atoms in total. The van der Waals surface area contributed by atoms with Crippen LogP contribution in [-0.4, -0.2) is 54.8 Å². The molecular weight excluding hydrogens is 626 g/mol. The van der Waals surface area contributed by atoms with Crippen molar-refractivity contribution >= 4 is 29.4 Å². The molecule has 0 spiro atoms. The number of anilines is 1. The summed E-state index contributed by atoms with van der Waals surface area (Å²) in [4.78, 5) is 54.1. The maximum absolute atomic E-state index is 13.6. The molecule has 1 heterocycles. The van der Waals surface area contributed by atoms with Crippen LogP contribution in [0, 0.1) is 17.8 Å². The fourth-order valence-electron chi connectivity index (χ4n) is 5.98. The molecule has 1 saturated heterocycles. The van der Waals surface area contributed by atoms with Crippen LogP contribution in [0.1, 0.15) is 123 Å². The predicted molar refractivity (Wildman–Crippen MR) is 204 cm³/mol. The molecular formula is C42H65N3O5. The van der Waals surface area contributed by atoms with Crippen LogP contribution < -0.4 is 10.6 Å². The summed E-state index contributed by atoms with van der Waals surface area (Å²) in [7, 11) is 0. The molecule has 278 valence electrons. The number of esters is 1. The molecule has 0 saturated carbocycles. The second-order valence-electron chi connectivity index (χ2n) is 14.3. The number of piperidine rings is 1. The van der Waals surface area contributed by atoms with E-state index in [1.165, 1.54) is 12.0 Å². The minimum absolute atomic E-state index is 0.153. The molecule has 0 radical (unpaired) electrons. The van der Waals surface area contributed by atoms with Crippen LogP contribution in [0.3, 0.4) is 0 Å². The van der Waals surface area contributed by atoms with E-state index in [0.29, 0.717) is 57.2 Å². The van der Waals surface area contributed by atoms with Crippen molar-refractivity contribution in [3.05, 3.63) is 65.7 Å². The number of amides is 3. The number of carbonyl (C=O) groups is 4. The van der Waals surface area contributed by atoms with Crippen molar-refractivity contribution in [3.8, 4) is 0 Å². The van der Waals surface area contributed by atoms with Crippen molar-refractivity contribution < 1.29 is 23.9 Å². The highest BCUT2D eigenvalue weighted by molar-refractivity contribution is 5.94. The average molecular weight is 692 g/mol. The number of likely N-dealkylation sites (tertiary alicyclic amines) is 1. The Bertz CT molecular complexity index is 1240. The summed E-state index contributed by atoms with van der Waals surface area (Å²) in [6.45, 7) is 12.6. The molecule has 2 N–H and O–H groups in total. The Morgan fingerprint density at radius 3 is 2.02 bits per heavy atom. The summed E-state index contributed by atoms with van der Waals surface area (Å²) in [6.07, 6.45) is 11.2. The number of hydrogen-bond donors (Lipinski definition) is 2. The Kier molecular flexibility index (Phi) is 21.5. The first-order chi connectivity index (χ1) is 24.1. The predicted octanol–water partition coefficient (Wildman–Crippen LogP) is 8.53. The number of carbonyl (C=O) groups excluding carboxylic acids is 4. The largest absolute Gasteiger partial charge is 0.465 e. The van der Waals surface area contributed by atoms with Crippen molar-refractivity contribution in [2.24, 2.45) is 17.8 Å². The van der Waals surface area contributed by atoms with Crippen molar-refractivity contribution in [1.82, 2.24) is 10.2 Å². The highest BCUT2D eigenvalue weighted by Crippen LogP contribution is 2.25. The van der Waals surface area contributed by atoms with E-state index in [-0.39, 0.29) is 30.2 Å². The smallest absolute Gasteiger partial charge is 0.308 e. The van der Waals surface area contributed by atoms with Gasteiger partial charge in [-0.25, -0.2) is 0 Å². The van der Waals surface area contributed by atoms with Crippen molar-refractivity contribution in [2.45, 2.75) is 125 Å². The van der Waals surface area contributed by atoms with Gasteiger partial charge in [0.2, 0.25) is 17.7 Å². The number of ether oxygens (including phenoxy) is 1. The number of nitrogens with zero attached hydrogens (tertiary/aromatic N) is 1. The molecule has 3 rings (SSSR count). The molecule has 2 aromatic carbocycles. The Labute approximate surface area is 302 Å². The van der Waals surface area contributed by atoms with Gasteiger partial charge in [0.15, 0.2) is 0 Å². The molecule has 8 heteroatoms. The fourth-order valence-corrected chi connectivity index (χ4v) is 5.98. The lowest BCUT2D eigenvalue weighted by Crippen LogP contribution is -2.38. The van der Waals surface area contributed by atoms with Crippen molar-refractivity contribution in [1.29, 1.82) is 0 Å². The first-order valence-electron chi connectivity index (χ1n) is 19.3. The molecule has 50 heavy (non-hydrogen) atoms. The third-order valence-electron chi connectivity index (χ3n) is 8.74. The van der Waals surface area contributed by atoms with Gasteiger partial charge in [0.05, 0.1) is 19.1 Å². The molecule has 0 aromatic heterocycles. The van der Waals surface area contributed by atoms with Gasteiger partial charge in [-0.05, 0) is 93.4 Å². The lowest BCUT2D eigenvalue weighted by molar-refractivity contribution is -0.150. The molecule has 3 amide bonds. The van der Waals surface area contributed by atoms with Crippen LogP contribution in [0.2, 0.25) is 0 Å². The second kappa shape index (κ2) is 25.3. The average Bonchev–Trinajstić information content (AvgIpc) is 3.11. The van der Waals surface area contributed by atoms with E-state index >= 15 is 0 Å². The SMILES string of the molecule is CC(C)C.CCCCOC(=O)C(CCCCC(=O)N1CCCCC1)C[C@@H](CCc1ccc(CCC)cc1)C(=O)NCC(=O)Nc1ccccc1. The van der Waals surface area contributed by atoms with E-state index in [9.17, 15) is 19.2 Å². The highest BCUT2D eigenvalue weighted by Gasteiger charge is 2.29. The van der Waals surface area contributed by atoms with Gasteiger partial charge in [-0.15, -0.1) is 0 Å². The summed E-state index contributed by atoms with van der Waals surface area (Å²) in [5.74, 6) is -0.727. The number of benzene rings is 2. The number of rotatable bonds is 20. The summed E-state index contributed by atoms with van der Waals surface area (Å²) in [5.41, 5.74) is 3.09. The molecule has 1 unspecified atom stereocenters. The molecule has 0 bridgehead atoms. The molecule has 1 fully saturated rings. The maximum atomic E-state index is 13.6. The van der Waals surface area contributed by atoms with Crippen LogP contribution in [0.5, 0.6) is 0 Å². The Morgan fingerprint density at radius 2 is 1.40 bits per heavy atom. The van der Waals surface area contributed by atoms with Crippen molar-refractivity contribution in [3.63, 3.8) is 0 Å². The van der Waals surface area contributed by atoms with Crippen LogP contribution in [0.25, 0.3) is 0 Å². The van der Waals surface area contributed by atoms with Crippen LogP contribution in [-0.2, 0) is 36.8 Å². The van der Waals surface area contributed by atoms with E-state index in [2.05, 4.69) is 62.6 Å². The number of para-hydroxylation sites is 1. The zero-order valence-corrected chi connectivity index (χ0v) is 31.6. The van der Waals surface area contributed by atoms with Crippen LogP contribution >= 0.6 is 0 Å². The summed E-state index contributed by atoms with van der Waals surface area (Å²) in [6, 6.07) is 17.6. The first kappa shape index (κ1) is 42.5. The zero-order chi connectivity index (χ0) is 36.6. The quantitative estimate of drug-likeness (QED) is 0.107. The van der Waals surface area contributed by atoms with E-state index < -0.39 is 11.8 Å². The molecule has 2 atom stereocenters. The number of aryl methyl sites for hydroxylation is 2. The number of unbranched alkanes of at least 4 members (excludes halogenated alkanes) is 2. The lowest BCUT2D eigenvalue weighted by Gasteiger charge is -2.27. The third kappa shape index (κ3) is 18.4. The number of nitrogens with one attached hydrogen (secondary N) is 2. The minimum Gasteiger partial charge on any atom is -0.465 e. The van der Waals surface area contributed by atoms with Gasteiger partial charge in [-0.1, -0.05) is 96.3 Å². The van der Waals surface area contributed by atoms with Gasteiger partial charge in [-0.3, -0.25) is 19.2 Å². The van der Waals surface area contributed by atoms with Crippen LogP contribution in [0.4, 0.5) is 5.69 Å². The minimum atomic E-state index is -0.474. The maximum Gasteiger partial charge on any atom is 0.308 e. The molecule has 0 aliphatic carbocycles. The van der Waals surface area contributed by atoms with E-state index in [1.807, 2.05) is 30.0 Å². The van der Waals surface area contributed by atoms with Gasteiger partial charge in [0.1, 0.15) is 0 Å². The third-order valence-corrected chi connectivity index (χ3v) is 8.74. The van der Waals surface area contributed by atoms with Crippen molar-refractivity contribution in [2.75, 3.05) is 31.6 Å². The molecule has 1 aliphatic rings. The topological polar surface area (TPSA) is 105 Å². The Morgan fingerprint density at radius 1 is 0.760 bits per heavy atom. The molecule has 1 aliphatic heterocycles. The van der Waals surface area contributed by atoms with Gasteiger partial charge >= 0.3 is 5.97 Å². The molecule has 2 aromatic rings. The standard InChI is InChI=1S/C38H55N3O5.C4H10/c1-3-5-27-46-38(45)33(15-10-11-18-36(43)41-25-12-7-13-26-41)28-32(24-23-31-21-19-30(14-4-2)20-22-31)37(44)39-29-35(42)40-34-16-8-6-9-17-34;1-4(2)3/h6,8-9,16-17,19-22,32-33H,3-5,7,10-15,18,23-29H2,1-2H3,(H,39,44)(H,40,42);4H,1-3H3/t32-,33?;/m1./s1. The summed E-state index contributed by atoms with van der Waals surface area (Å²) < 4.78 is 5.65. The number of hydrogen-bond acceptors (Lipinski definition) is 5. The van der Waals surface area contributed by atoms with Gasteiger partial charge in [0.25, 0.3) is 0 Å². The Balaban J connectivity index is 0.00000205. The van der Waals surface area contributed by atoms with Gasteiger partial charge in [-0.2, -0.15) is 0 Å². The fraction of sp³-hybridized carbons (Fsp3) is 0.619. The monoisotopic (exact) mass is 691 g/mol. The van der Waals surface area contributed by atoms with Gasteiger partial charge < -0.3 is 20.3 Å². The van der Waals surface area contributed by atoms with Gasteiger partial charge in [0, 0.05) is 31.1 Å². The Hall–Kier alpha value is -3.68. The summed E-state index contributed by atoms with van der Waals surface area (Å²) >= 11 is 0. The van der Waals surface area contributed by atoms with E-state index in [0.717, 1.165) is 63.1 Å².